The number of aryl methyl sites for hydroxylation is 1. The van der Waals surface area contributed by atoms with Crippen LogP contribution in [0.3, 0.4) is 0 Å². The molecule has 0 aromatic carbocycles. The number of pyridine rings is 1. The van der Waals surface area contributed by atoms with E-state index in [9.17, 15) is 0 Å². The quantitative estimate of drug-likeness (QED) is 0.727. The molecule has 94 valence electrons. The van der Waals surface area contributed by atoms with Gasteiger partial charge >= 0.3 is 0 Å². The van der Waals surface area contributed by atoms with E-state index < -0.39 is 0 Å². The third kappa shape index (κ3) is 2.83. The highest BCUT2D eigenvalue weighted by Crippen LogP contribution is 2.24. The van der Waals surface area contributed by atoms with Crippen LogP contribution in [0.25, 0.3) is 0 Å². The summed E-state index contributed by atoms with van der Waals surface area (Å²) in [6.45, 7) is 3.98. The van der Waals surface area contributed by atoms with Crippen LogP contribution in [0.5, 0.6) is 0 Å². The molecule has 0 bridgehead atoms. The Morgan fingerprint density at radius 1 is 1.41 bits per heavy atom. The summed E-state index contributed by atoms with van der Waals surface area (Å²) in [6, 6.07) is 6.49. The van der Waals surface area contributed by atoms with Crippen LogP contribution in [0.2, 0.25) is 0 Å². The molecule has 1 aromatic heterocycles. The molecular formula is C13H20N2O2. The molecule has 0 N–H and O–H groups in total. The Hall–Kier alpha value is -0.970. The SMILES string of the molecule is COC(OC)C1CCN1Cc1cccc(C)n1. The van der Waals surface area contributed by atoms with Crippen LogP contribution < -0.4 is 0 Å². The molecule has 1 unspecified atom stereocenters. The van der Waals surface area contributed by atoms with Crippen molar-refractivity contribution in [2.75, 3.05) is 20.8 Å². The van der Waals surface area contributed by atoms with E-state index in [-0.39, 0.29) is 6.29 Å². The summed E-state index contributed by atoms with van der Waals surface area (Å²) in [5, 5.41) is 0. The van der Waals surface area contributed by atoms with E-state index in [1.54, 1.807) is 14.2 Å². The molecule has 0 amide bonds. The third-order valence-electron chi connectivity index (χ3n) is 3.27. The minimum Gasteiger partial charge on any atom is -0.354 e. The molecule has 1 aliphatic rings. The predicted molar refractivity (Wildman–Crippen MR) is 65.6 cm³/mol. The molecule has 4 heteroatoms. The number of ether oxygens (including phenoxy) is 2. The maximum atomic E-state index is 5.31. The number of hydrogen-bond donors (Lipinski definition) is 0. The van der Waals surface area contributed by atoms with Gasteiger partial charge in [-0.25, -0.2) is 0 Å². The number of nitrogens with zero attached hydrogens (tertiary/aromatic N) is 2. The van der Waals surface area contributed by atoms with Crippen LogP contribution in [0, 0.1) is 6.92 Å². The van der Waals surface area contributed by atoms with E-state index in [1.165, 1.54) is 0 Å². The lowest BCUT2D eigenvalue weighted by Crippen LogP contribution is -2.54. The second-order valence-electron chi connectivity index (χ2n) is 4.44. The second kappa shape index (κ2) is 5.58. The van der Waals surface area contributed by atoms with E-state index in [0.29, 0.717) is 6.04 Å². The first-order valence-corrected chi connectivity index (χ1v) is 5.96. The van der Waals surface area contributed by atoms with Crippen LogP contribution in [0.1, 0.15) is 17.8 Å². The first-order valence-electron chi connectivity index (χ1n) is 5.96. The largest absolute Gasteiger partial charge is 0.354 e. The molecule has 0 aliphatic carbocycles. The zero-order valence-corrected chi connectivity index (χ0v) is 10.7. The van der Waals surface area contributed by atoms with Gasteiger partial charge in [0.15, 0.2) is 6.29 Å². The van der Waals surface area contributed by atoms with Crippen molar-refractivity contribution in [3.05, 3.63) is 29.6 Å². The van der Waals surface area contributed by atoms with Crippen LogP contribution in [-0.4, -0.2) is 43.0 Å². The molecule has 0 saturated carbocycles. The fourth-order valence-electron chi connectivity index (χ4n) is 2.27. The average molecular weight is 236 g/mol. The Labute approximate surface area is 103 Å². The normalized spacial score (nSPS) is 20.6. The van der Waals surface area contributed by atoms with Crippen LogP contribution in [0.15, 0.2) is 18.2 Å². The van der Waals surface area contributed by atoms with E-state index in [4.69, 9.17) is 9.47 Å². The van der Waals surface area contributed by atoms with Crippen LogP contribution in [-0.2, 0) is 16.0 Å². The van der Waals surface area contributed by atoms with E-state index >= 15 is 0 Å². The predicted octanol–water partition coefficient (Wildman–Crippen LogP) is 1.58. The molecule has 1 fully saturated rings. The summed E-state index contributed by atoms with van der Waals surface area (Å²) in [5.74, 6) is 0. The minimum absolute atomic E-state index is 0.131. The second-order valence-corrected chi connectivity index (χ2v) is 4.44. The van der Waals surface area contributed by atoms with Gasteiger partial charge in [0, 0.05) is 33.0 Å². The zero-order chi connectivity index (χ0) is 12.3. The summed E-state index contributed by atoms with van der Waals surface area (Å²) < 4.78 is 10.6. The molecule has 1 atom stereocenters. The van der Waals surface area contributed by atoms with Gasteiger partial charge in [-0.2, -0.15) is 0 Å². The fraction of sp³-hybridized carbons (Fsp3) is 0.615. The van der Waals surface area contributed by atoms with Crippen molar-refractivity contribution in [3.8, 4) is 0 Å². The van der Waals surface area contributed by atoms with Gasteiger partial charge < -0.3 is 9.47 Å². The molecule has 2 heterocycles. The van der Waals surface area contributed by atoms with Crippen molar-refractivity contribution < 1.29 is 9.47 Å². The lowest BCUT2D eigenvalue weighted by Gasteiger charge is -2.43. The monoisotopic (exact) mass is 236 g/mol. The number of aromatic nitrogens is 1. The third-order valence-corrected chi connectivity index (χ3v) is 3.27. The summed E-state index contributed by atoms with van der Waals surface area (Å²) in [5.41, 5.74) is 2.18. The Bertz CT molecular complexity index is 366. The van der Waals surface area contributed by atoms with Gasteiger partial charge in [0.2, 0.25) is 0 Å². The van der Waals surface area contributed by atoms with Crippen molar-refractivity contribution >= 4 is 0 Å². The van der Waals surface area contributed by atoms with Crippen LogP contribution >= 0.6 is 0 Å². The molecular weight excluding hydrogens is 216 g/mol. The van der Waals surface area contributed by atoms with Crippen LogP contribution in [0.4, 0.5) is 0 Å². The average Bonchev–Trinajstić information content (AvgIpc) is 2.31. The molecule has 0 radical (unpaired) electrons. The first kappa shape index (κ1) is 12.5. The smallest absolute Gasteiger partial charge is 0.172 e. The standard InChI is InChI=1S/C13H20N2O2/c1-10-5-4-6-11(14-10)9-15-8-7-12(15)13(16-2)17-3/h4-6,12-13H,7-9H2,1-3H3. The number of rotatable bonds is 5. The molecule has 0 spiro atoms. The van der Waals surface area contributed by atoms with Crippen molar-refractivity contribution in [1.82, 2.24) is 9.88 Å². The molecule has 2 rings (SSSR count). The molecule has 17 heavy (non-hydrogen) atoms. The summed E-state index contributed by atoms with van der Waals surface area (Å²) in [6.07, 6.45) is 0.992. The highest BCUT2D eigenvalue weighted by molar-refractivity contribution is 5.10. The Morgan fingerprint density at radius 3 is 2.71 bits per heavy atom. The maximum absolute atomic E-state index is 5.31. The number of hydrogen-bond acceptors (Lipinski definition) is 4. The lowest BCUT2D eigenvalue weighted by atomic mass is 10.0. The van der Waals surface area contributed by atoms with Gasteiger partial charge in [-0.3, -0.25) is 9.88 Å². The van der Waals surface area contributed by atoms with Gasteiger partial charge in [-0.05, 0) is 25.5 Å². The fourth-order valence-corrected chi connectivity index (χ4v) is 2.27. The van der Waals surface area contributed by atoms with Crippen molar-refractivity contribution in [3.63, 3.8) is 0 Å². The first-order chi connectivity index (χ1) is 8.24. The van der Waals surface area contributed by atoms with Gasteiger partial charge in [0.25, 0.3) is 0 Å². The van der Waals surface area contributed by atoms with Crippen molar-refractivity contribution in [2.45, 2.75) is 32.2 Å². The summed E-state index contributed by atoms with van der Waals surface area (Å²) in [4.78, 5) is 6.86. The Morgan fingerprint density at radius 2 is 2.18 bits per heavy atom. The van der Waals surface area contributed by atoms with E-state index in [2.05, 4.69) is 22.0 Å². The molecule has 4 nitrogen and oxygen atoms in total. The number of likely N-dealkylation sites (tertiary alicyclic amines) is 1. The van der Waals surface area contributed by atoms with Gasteiger partial charge in [0.1, 0.15) is 0 Å². The Kier molecular flexibility index (Phi) is 4.10. The summed E-state index contributed by atoms with van der Waals surface area (Å²) in [7, 11) is 3.38. The minimum atomic E-state index is -0.131. The van der Waals surface area contributed by atoms with E-state index in [0.717, 1.165) is 30.9 Å². The Balaban J connectivity index is 1.96. The molecule has 1 aromatic rings. The van der Waals surface area contributed by atoms with E-state index in [1.807, 2.05) is 13.0 Å². The maximum Gasteiger partial charge on any atom is 0.172 e. The number of methoxy groups -OCH3 is 2. The highest BCUT2D eigenvalue weighted by atomic mass is 16.7. The van der Waals surface area contributed by atoms with Gasteiger partial charge in [-0.15, -0.1) is 0 Å². The van der Waals surface area contributed by atoms with Crippen molar-refractivity contribution in [1.29, 1.82) is 0 Å². The topological polar surface area (TPSA) is 34.6 Å². The van der Waals surface area contributed by atoms with Crippen molar-refractivity contribution in [2.24, 2.45) is 0 Å². The molecule has 1 aliphatic heterocycles. The lowest BCUT2D eigenvalue weighted by molar-refractivity contribution is -0.173. The zero-order valence-electron chi connectivity index (χ0n) is 10.7. The van der Waals surface area contributed by atoms with Gasteiger partial charge in [0.05, 0.1) is 11.7 Å². The highest BCUT2D eigenvalue weighted by Gasteiger charge is 2.35. The van der Waals surface area contributed by atoms with Gasteiger partial charge in [-0.1, -0.05) is 6.07 Å². The molecule has 1 saturated heterocycles. The summed E-state index contributed by atoms with van der Waals surface area (Å²) >= 11 is 0.